The number of aliphatic hydroxyl groups excluding tert-OH is 2. The average molecular weight is 717 g/mol. The lowest BCUT2D eigenvalue weighted by molar-refractivity contribution is -0.117. The molecular formula is C37H36N2O9S2. The Hall–Kier alpha value is -4.11. The minimum absolute atomic E-state index is 0.0559. The van der Waals surface area contributed by atoms with Crippen LogP contribution in [-0.2, 0) is 37.7 Å². The van der Waals surface area contributed by atoms with Gasteiger partial charge in [0.1, 0.15) is 29.5 Å². The zero-order chi connectivity index (χ0) is 34.8. The van der Waals surface area contributed by atoms with E-state index in [1.54, 1.807) is 36.4 Å². The van der Waals surface area contributed by atoms with Crippen LogP contribution in [0, 0.1) is 0 Å². The number of carbonyl (C=O) groups excluding carboxylic acids is 1. The largest absolute Gasteiger partial charge is 0.489 e. The van der Waals surface area contributed by atoms with E-state index in [1.165, 1.54) is 24.3 Å². The fraction of sp³-hybridized carbons (Fsp3) is 0.324. The standard InChI is InChI=1S/C37H36N2O9S2/c40-23(17-21-9-7-15-26-32-30(47-36(21)26)19-28(41)34(32)38-49(43,44)24-11-3-1-4-12-24)18-22-10-8-16-27-33-31(48-37(22)27)20-29(42)35(33)39-50(45,46)25-13-5-2-6-14-25/h1-16,28-35,38-39,41-42H,17-20H2/t28-,29-,30+,31+,32+,33+,34+,35+/m1/s1. The molecule has 2 heterocycles. The lowest BCUT2D eigenvalue weighted by atomic mass is 9.90. The van der Waals surface area contributed by atoms with Gasteiger partial charge in [-0.2, -0.15) is 0 Å². The second kappa shape index (κ2) is 12.6. The molecule has 0 spiro atoms. The van der Waals surface area contributed by atoms with E-state index >= 15 is 0 Å². The Morgan fingerprint density at radius 2 is 1.00 bits per heavy atom. The molecule has 2 saturated carbocycles. The molecule has 0 bridgehead atoms. The van der Waals surface area contributed by atoms with Crippen molar-refractivity contribution in [3.63, 3.8) is 0 Å². The van der Waals surface area contributed by atoms with Gasteiger partial charge in [-0.25, -0.2) is 26.3 Å². The number of Topliss-reactive ketones (excluding diaryl/α,β-unsaturated/α-hetero) is 1. The monoisotopic (exact) mass is 716 g/mol. The maximum atomic E-state index is 13.6. The van der Waals surface area contributed by atoms with Crippen LogP contribution in [0.1, 0.15) is 46.9 Å². The number of para-hydroxylation sites is 2. The number of benzene rings is 4. The van der Waals surface area contributed by atoms with Crippen molar-refractivity contribution in [2.24, 2.45) is 0 Å². The molecule has 11 nitrogen and oxygen atoms in total. The van der Waals surface area contributed by atoms with Gasteiger partial charge in [0.2, 0.25) is 20.0 Å². The Bertz CT molecular complexity index is 2010. The Balaban J connectivity index is 0.994. The highest BCUT2D eigenvalue weighted by atomic mass is 32.2. The summed E-state index contributed by atoms with van der Waals surface area (Å²) in [5.74, 6) is 0.120. The highest BCUT2D eigenvalue weighted by Crippen LogP contribution is 2.50. The van der Waals surface area contributed by atoms with Crippen molar-refractivity contribution in [2.75, 3.05) is 0 Å². The molecule has 4 aliphatic rings. The number of fused-ring (bicyclic) bond motifs is 6. The first-order valence-corrected chi connectivity index (χ1v) is 19.6. The van der Waals surface area contributed by atoms with Crippen molar-refractivity contribution in [3.8, 4) is 11.5 Å². The summed E-state index contributed by atoms with van der Waals surface area (Å²) in [6, 6.07) is 25.4. The van der Waals surface area contributed by atoms with Crippen LogP contribution in [0.4, 0.5) is 0 Å². The molecule has 8 rings (SSSR count). The molecule has 0 saturated heterocycles. The summed E-state index contributed by atoms with van der Waals surface area (Å²) in [7, 11) is -7.80. The first-order valence-electron chi connectivity index (χ1n) is 16.6. The third-order valence-corrected chi connectivity index (χ3v) is 13.3. The van der Waals surface area contributed by atoms with E-state index in [0.717, 1.165) is 11.1 Å². The van der Waals surface area contributed by atoms with Gasteiger partial charge in [0.15, 0.2) is 0 Å². The summed E-state index contributed by atoms with van der Waals surface area (Å²) in [4.78, 5) is 13.8. The summed E-state index contributed by atoms with van der Waals surface area (Å²) < 4.78 is 70.6. The van der Waals surface area contributed by atoms with Gasteiger partial charge in [-0.3, -0.25) is 4.79 Å². The second-order valence-electron chi connectivity index (χ2n) is 13.5. The lowest BCUT2D eigenvalue weighted by Gasteiger charge is -2.22. The van der Waals surface area contributed by atoms with Gasteiger partial charge in [-0.1, -0.05) is 72.8 Å². The van der Waals surface area contributed by atoms with E-state index in [9.17, 15) is 31.8 Å². The first-order chi connectivity index (χ1) is 24.0. The van der Waals surface area contributed by atoms with Crippen LogP contribution in [0.15, 0.2) is 107 Å². The molecule has 50 heavy (non-hydrogen) atoms. The third-order valence-electron chi connectivity index (χ3n) is 10.3. The van der Waals surface area contributed by atoms with Gasteiger partial charge in [-0.05, 0) is 24.3 Å². The number of sulfonamides is 2. The van der Waals surface area contributed by atoms with Crippen LogP contribution >= 0.6 is 0 Å². The van der Waals surface area contributed by atoms with Gasteiger partial charge in [-0.15, -0.1) is 0 Å². The molecule has 0 unspecified atom stereocenters. The second-order valence-corrected chi connectivity index (χ2v) is 16.9. The number of ketones is 1. The zero-order valence-electron chi connectivity index (χ0n) is 26.8. The first kappa shape index (κ1) is 33.1. The van der Waals surface area contributed by atoms with Gasteiger partial charge < -0.3 is 19.7 Å². The normalized spacial score (nSPS) is 27.9. The van der Waals surface area contributed by atoms with Crippen LogP contribution in [0.2, 0.25) is 0 Å². The van der Waals surface area contributed by atoms with E-state index in [1.807, 2.05) is 36.4 Å². The quantitative estimate of drug-likeness (QED) is 0.193. The van der Waals surface area contributed by atoms with Crippen molar-refractivity contribution in [3.05, 3.63) is 119 Å². The number of rotatable bonds is 10. The number of nitrogens with one attached hydrogen (secondary N) is 2. The Labute approximate surface area is 290 Å². The van der Waals surface area contributed by atoms with Crippen molar-refractivity contribution in [1.29, 1.82) is 0 Å². The van der Waals surface area contributed by atoms with Crippen molar-refractivity contribution >= 4 is 25.8 Å². The molecule has 4 aromatic rings. The summed E-state index contributed by atoms with van der Waals surface area (Å²) in [6.07, 6.45) is -2.21. The smallest absolute Gasteiger partial charge is 0.240 e. The predicted octanol–water partition coefficient (Wildman–Crippen LogP) is 2.95. The molecule has 8 atom stereocenters. The minimum atomic E-state index is -3.90. The number of hydrogen-bond donors (Lipinski definition) is 4. The van der Waals surface area contributed by atoms with Gasteiger partial charge >= 0.3 is 0 Å². The van der Waals surface area contributed by atoms with Crippen molar-refractivity contribution < 1.29 is 41.3 Å². The lowest BCUT2D eigenvalue weighted by Crippen LogP contribution is -2.43. The number of hydrogen-bond acceptors (Lipinski definition) is 9. The summed E-state index contributed by atoms with van der Waals surface area (Å²) in [5.41, 5.74) is 2.84. The molecule has 4 aromatic carbocycles. The fourth-order valence-corrected chi connectivity index (χ4v) is 10.7. The Kier molecular flexibility index (Phi) is 8.32. The molecule has 2 aliphatic carbocycles. The maximum Gasteiger partial charge on any atom is 0.240 e. The summed E-state index contributed by atoms with van der Waals surface area (Å²) in [5, 5.41) is 21.7. The molecule has 2 aliphatic heterocycles. The number of carbonyl (C=O) groups is 1. The van der Waals surface area contributed by atoms with Crippen LogP contribution in [-0.4, -0.2) is 69.3 Å². The topological polar surface area (TPSA) is 168 Å². The predicted molar refractivity (Wildman–Crippen MR) is 182 cm³/mol. The Morgan fingerprint density at radius 3 is 1.40 bits per heavy atom. The Morgan fingerprint density at radius 1 is 0.600 bits per heavy atom. The van der Waals surface area contributed by atoms with Crippen molar-refractivity contribution in [2.45, 2.75) is 83.8 Å². The zero-order valence-corrected chi connectivity index (χ0v) is 28.4. The van der Waals surface area contributed by atoms with E-state index < -0.39 is 68.4 Å². The van der Waals surface area contributed by atoms with E-state index in [-0.39, 0.29) is 41.3 Å². The molecule has 0 radical (unpaired) electrons. The molecule has 260 valence electrons. The highest BCUT2D eigenvalue weighted by Gasteiger charge is 2.53. The molecular weight excluding hydrogens is 681 g/mol. The summed E-state index contributed by atoms with van der Waals surface area (Å²) in [6.45, 7) is 0. The van der Waals surface area contributed by atoms with E-state index in [0.29, 0.717) is 22.6 Å². The molecule has 2 fully saturated rings. The molecule has 4 N–H and O–H groups in total. The highest BCUT2D eigenvalue weighted by molar-refractivity contribution is 7.89. The summed E-state index contributed by atoms with van der Waals surface area (Å²) >= 11 is 0. The van der Waals surface area contributed by atoms with E-state index in [4.69, 9.17) is 9.47 Å². The van der Waals surface area contributed by atoms with Gasteiger partial charge in [0, 0.05) is 59.8 Å². The van der Waals surface area contributed by atoms with Crippen LogP contribution in [0.25, 0.3) is 0 Å². The van der Waals surface area contributed by atoms with E-state index in [2.05, 4.69) is 9.44 Å². The average Bonchev–Trinajstić information content (AvgIpc) is 3.81. The SMILES string of the molecule is O=C(Cc1cccc2c1O[C@H]1C[C@@H](O)[C@H](NS(=O)(=O)c3ccccc3)[C@@H]21)Cc1cccc2c1O[C@H]1C[C@@H](O)[C@H](NS(=O)(=O)c3ccccc3)[C@@H]21. The number of aliphatic hydroxyl groups is 2. The van der Waals surface area contributed by atoms with Gasteiger partial charge in [0.25, 0.3) is 0 Å². The molecule has 13 heteroatoms. The molecule has 0 aromatic heterocycles. The van der Waals surface area contributed by atoms with Gasteiger partial charge in [0.05, 0.1) is 34.1 Å². The third kappa shape index (κ3) is 5.81. The van der Waals surface area contributed by atoms with Crippen LogP contribution in [0.5, 0.6) is 11.5 Å². The number of ether oxygens (including phenoxy) is 2. The van der Waals surface area contributed by atoms with Crippen molar-refractivity contribution in [1.82, 2.24) is 9.44 Å². The fourth-order valence-electron chi connectivity index (χ4n) is 8.12. The van der Waals surface area contributed by atoms with Crippen LogP contribution in [0.3, 0.4) is 0 Å². The molecule has 0 amide bonds. The minimum Gasteiger partial charge on any atom is -0.489 e. The maximum absolute atomic E-state index is 13.6. The van der Waals surface area contributed by atoms with Crippen LogP contribution < -0.4 is 18.9 Å².